The summed E-state index contributed by atoms with van der Waals surface area (Å²) in [5.41, 5.74) is -0.449. The van der Waals surface area contributed by atoms with Gasteiger partial charge in [0.15, 0.2) is 0 Å². The van der Waals surface area contributed by atoms with Crippen LogP contribution in [-0.2, 0) is 6.18 Å². The molecular weight excluding hydrogens is 269 g/mol. The van der Waals surface area contributed by atoms with Crippen LogP contribution in [0.15, 0.2) is 24.3 Å². The molecule has 110 valence electrons. The number of halogens is 3. The molecule has 1 aliphatic heterocycles. The van der Waals surface area contributed by atoms with Gasteiger partial charge in [-0.05, 0) is 38.1 Å². The maximum absolute atomic E-state index is 12.5. The number of benzene rings is 1. The third-order valence-electron chi connectivity index (χ3n) is 3.75. The van der Waals surface area contributed by atoms with Gasteiger partial charge in [-0.25, -0.2) is 0 Å². The van der Waals surface area contributed by atoms with Crippen molar-refractivity contribution in [3.63, 3.8) is 0 Å². The second kappa shape index (κ2) is 5.44. The normalized spacial score (nSPS) is 23.8. The number of piperazine rings is 1. The second-order valence-corrected chi connectivity index (χ2v) is 5.06. The van der Waals surface area contributed by atoms with Crippen molar-refractivity contribution < 1.29 is 18.0 Å². The zero-order valence-electron chi connectivity index (χ0n) is 11.4. The summed E-state index contributed by atoms with van der Waals surface area (Å²) in [5.74, 6) is -0.223. The molecule has 0 aliphatic carbocycles. The first-order valence-corrected chi connectivity index (χ1v) is 6.52. The summed E-state index contributed by atoms with van der Waals surface area (Å²) in [6, 6.07) is 4.56. The van der Waals surface area contributed by atoms with Gasteiger partial charge in [-0.3, -0.25) is 4.79 Å². The third kappa shape index (κ3) is 2.95. The number of nitrogens with zero attached hydrogens (tertiary/aromatic N) is 1. The lowest BCUT2D eigenvalue weighted by molar-refractivity contribution is -0.137. The summed E-state index contributed by atoms with van der Waals surface area (Å²) in [7, 11) is 0. The zero-order chi connectivity index (χ0) is 14.9. The van der Waals surface area contributed by atoms with E-state index in [1.54, 1.807) is 4.90 Å². The molecule has 2 unspecified atom stereocenters. The molecule has 1 N–H and O–H groups in total. The Kier molecular flexibility index (Phi) is 4.04. The Balaban J connectivity index is 2.17. The molecule has 3 nitrogen and oxygen atoms in total. The van der Waals surface area contributed by atoms with Gasteiger partial charge in [0.25, 0.3) is 5.91 Å². The van der Waals surface area contributed by atoms with Crippen LogP contribution in [0.5, 0.6) is 0 Å². The Hall–Kier alpha value is -1.56. The molecule has 20 heavy (non-hydrogen) atoms. The van der Waals surface area contributed by atoms with Crippen LogP contribution in [0, 0.1) is 0 Å². The summed E-state index contributed by atoms with van der Waals surface area (Å²) in [5, 5.41) is 3.25. The van der Waals surface area contributed by atoms with Crippen molar-refractivity contribution in [3.05, 3.63) is 35.4 Å². The molecular formula is C14H17F3N2O. The van der Waals surface area contributed by atoms with Crippen LogP contribution in [0.4, 0.5) is 13.2 Å². The fraction of sp³-hybridized carbons (Fsp3) is 0.500. The van der Waals surface area contributed by atoms with E-state index in [-0.39, 0.29) is 18.0 Å². The topological polar surface area (TPSA) is 32.3 Å². The van der Waals surface area contributed by atoms with Gasteiger partial charge in [-0.2, -0.15) is 13.2 Å². The molecule has 1 aromatic rings. The average molecular weight is 286 g/mol. The van der Waals surface area contributed by atoms with Crippen LogP contribution < -0.4 is 5.32 Å². The van der Waals surface area contributed by atoms with E-state index in [0.29, 0.717) is 18.7 Å². The predicted molar refractivity (Wildman–Crippen MR) is 69.4 cm³/mol. The van der Waals surface area contributed by atoms with Gasteiger partial charge in [-0.1, -0.05) is 0 Å². The lowest BCUT2D eigenvalue weighted by Crippen LogP contribution is -2.57. The fourth-order valence-electron chi connectivity index (χ4n) is 2.31. The summed E-state index contributed by atoms with van der Waals surface area (Å²) in [4.78, 5) is 14.0. The molecule has 2 atom stereocenters. The first-order valence-electron chi connectivity index (χ1n) is 6.52. The van der Waals surface area contributed by atoms with Crippen molar-refractivity contribution in [2.24, 2.45) is 0 Å². The molecule has 0 saturated carbocycles. The number of hydrogen-bond acceptors (Lipinski definition) is 2. The average Bonchev–Trinajstić information content (AvgIpc) is 2.40. The van der Waals surface area contributed by atoms with E-state index in [2.05, 4.69) is 5.32 Å². The standard InChI is InChI=1S/C14H17F3N2O/c1-9-10(2)19(8-7-18-9)13(20)11-3-5-12(6-4-11)14(15,16)17/h3-6,9-10,18H,7-8H2,1-2H3. The maximum atomic E-state index is 12.5. The van der Waals surface area contributed by atoms with Crippen molar-refractivity contribution in [2.75, 3.05) is 13.1 Å². The van der Waals surface area contributed by atoms with Crippen LogP contribution in [-0.4, -0.2) is 36.0 Å². The van der Waals surface area contributed by atoms with Crippen molar-refractivity contribution in [2.45, 2.75) is 32.1 Å². The Morgan fingerprint density at radius 1 is 1.25 bits per heavy atom. The van der Waals surface area contributed by atoms with Gasteiger partial charge in [0.05, 0.1) is 5.56 Å². The number of carbonyl (C=O) groups excluding carboxylic acids is 1. The molecule has 0 bridgehead atoms. The minimum Gasteiger partial charge on any atom is -0.333 e. The van der Waals surface area contributed by atoms with Crippen LogP contribution in [0.1, 0.15) is 29.8 Å². The van der Waals surface area contributed by atoms with Crippen molar-refractivity contribution in [1.82, 2.24) is 10.2 Å². The highest BCUT2D eigenvalue weighted by atomic mass is 19.4. The number of hydrogen-bond donors (Lipinski definition) is 1. The number of alkyl halides is 3. The van der Waals surface area contributed by atoms with Crippen LogP contribution in [0.25, 0.3) is 0 Å². The number of nitrogens with one attached hydrogen (secondary N) is 1. The highest BCUT2D eigenvalue weighted by Crippen LogP contribution is 2.29. The smallest absolute Gasteiger partial charge is 0.333 e. The summed E-state index contributed by atoms with van der Waals surface area (Å²) in [6.45, 7) is 5.17. The summed E-state index contributed by atoms with van der Waals surface area (Å²) in [6.07, 6.45) is -4.38. The lowest BCUT2D eigenvalue weighted by atomic mass is 10.0. The van der Waals surface area contributed by atoms with Gasteiger partial charge in [0.2, 0.25) is 0 Å². The SMILES string of the molecule is CC1NCCN(C(=O)c2ccc(C(F)(F)F)cc2)C1C. The third-order valence-corrected chi connectivity index (χ3v) is 3.75. The van der Waals surface area contributed by atoms with E-state index in [1.165, 1.54) is 12.1 Å². The molecule has 1 aliphatic rings. The first-order chi connectivity index (χ1) is 9.30. The van der Waals surface area contributed by atoms with Crippen LogP contribution >= 0.6 is 0 Å². The molecule has 2 rings (SSSR count). The summed E-state index contributed by atoms with van der Waals surface area (Å²) < 4.78 is 37.5. The van der Waals surface area contributed by atoms with Gasteiger partial charge in [-0.15, -0.1) is 0 Å². The molecule has 1 saturated heterocycles. The number of carbonyl (C=O) groups is 1. The summed E-state index contributed by atoms with van der Waals surface area (Å²) >= 11 is 0. The molecule has 0 spiro atoms. The molecule has 1 heterocycles. The van der Waals surface area contributed by atoms with E-state index in [0.717, 1.165) is 12.1 Å². The van der Waals surface area contributed by atoms with E-state index in [4.69, 9.17) is 0 Å². The molecule has 1 amide bonds. The highest BCUT2D eigenvalue weighted by molar-refractivity contribution is 5.94. The molecule has 1 aromatic carbocycles. The number of rotatable bonds is 1. The van der Waals surface area contributed by atoms with Crippen LogP contribution in [0.2, 0.25) is 0 Å². The van der Waals surface area contributed by atoms with Crippen molar-refractivity contribution in [1.29, 1.82) is 0 Å². The first kappa shape index (κ1) is 14.8. The van der Waals surface area contributed by atoms with E-state index < -0.39 is 11.7 Å². The van der Waals surface area contributed by atoms with E-state index >= 15 is 0 Å². The minimum absolute atomic E-state index is 0.0125. The van der Waals surface area contributed by atoms with Gasteiger partial charge in [0.1, 0.15) is 0 Å². The van der Waals surface area contributed by atoms with Crippen molar-refractivity contribution in [3.8, 4) is 0 Å². The van der Waals surface area contributed by atoms with Gasteiger partial charge < -0.3 is 10.2 Å². The second-order valence-electron chi connectivity index (χ2n) is 5.06. The van der Waals surface area contributed by atoms with Crippen molar-refractivity contribution >= 4 is 5.91 Å². The Labute approximate surface area is 115 Å². The molecule has 0 radical (unpaired) electrons. The van der Waals surface area contributed by atoms with E-state index in [9.17, 15) is 18.0 Å². The minimum atomic E-state index is -4.38. The van der Waals surface area contributed by atoms with Gasteiger partial charge >= 0.3 is 6.18 Å². The predicted octanol–water partition coefficient (Wildman–Crippen LogP) is 2.53. The molecule has 0 aromatic heterocycles. The van der Waals surface area contributed by atoms with Gasteiger partial charge in [0, 0.05) is 30.7 Å². The monoisotopic (exact) mass is 286 g/mol. The highest BCUT2D eigenvalue weighted by Gasteiger charge is 2.32. The maximum Gasteiger partial charge on any atom is 0.416 e. The molecule has 6 heteroatoms. The quantitative estimate of drug-likeness (QED) is 0.860. The Morgan fingerprint density at radius 2 is 1.85 bits per heavy atom. The number of amides is 1. The Bertz CT molecular complexity index is 484. The molecule has 1 fully saturated rings. The zero-order valence-corrected chi connectivity index (χ0v) is 11.4. The largest absolute Gasteiger partial charge is 0.416 e. The fourth-order valence-corrected chi connectivity index (χ4v) is 2.31. The van der Waals surface area contributed by atoms with E-state index in [1.807, 2.05) is 13.8 Å². The van der Waals surface area contributed by atoms with Crippen LogP contribution in [0.3, 0.4) is 0 Å². The Morgan fingerprint density at radius 3 is 2.40 bits per heavy atom. The lowest BCUT2D eigenvalue weighted by Gasteiger charge is -2.38.